The minimum Gasteiger partial charge on any atom is -0.371 e. The van der Waals surface area contributed by atoms with Gasteiger partial charge in [-0.05, 0) is 31.4 Å². The van der Waals surface area contributed by atoms with Crippen molar-refractivity contribution in [3.05, 3.63) is 29.8 Å². The molecule has 19 heavy (non-hydrogen) atoms. The van der Waals surface area contributed by atoms with Gasteiger partial charge in [0.05, 0.1) is 0 Å². The highest BCUT2D eigenvalue weighted by Gasteiger charge is 2.15. The van der Waals surface area contributed by atoms with E-state index in [4.69, 9.17) is 5.73 Å². The van der Waals surface area contributed by atoms with E-state index in [0.29, 0.717) is 6.42 Å². The van der Waals surface area contributed by atoms with Crippen molar-refractivity contribution in [1.29, 1.82) is 0 Å². The van der Waals surface area contributed by atoms with Crippen LogP contribution in [0.3, 0.4) is 0 Å². The molecule has 1 saturated heterocycles. The van der Waals surface area contributed by atoms with Crippen LogP contribution in [0.1, 0.15) is 31.7 Å². The summed E-state index contributed by atoms with van der Waals surface area (Å²) < 4.78 is 0. The second-order valence-electron chi connectivity index (χ2n) is 5.28. The van der Waals surface area contributed by atoms with Crippen molar-refractivity contribution in [1.82, 2.24) is 5.32 Å². The molecule has 1 aliphatic heterocycles. The molecule has 1 aromatic rings. The Morgan fingerprint density at radius 3 is 2.74 bits per heavy atom. The van der Waals surface area contributed by atoms with Crippen LogP contribution in [-0.2, 0) is 11.3 Å². The van der Waals surface area contributed by atoms with Crippen LogP contribution in [0.5, 0.6) is 0 Å². The molecule has 1 fully saturated rings. The molecule has 1 unspecified atom stereocenters. The maximum atomic E-state index is 10.9. The van der Waals surface area contributed by atoms with Gasteiger partial charge in [0.1, 0.15) is 0 Å². The van der Waals surface area contributed by atoms with Crippen molar-refractivity contribution in [2.45, 2.75) is 38.8 Å². The molecule has 1 amide bonds. The Balaban J connectivity index is 1.97. The Morgan fingerprint density at radius 2 is 2.05 bits per heavy atom. The molecule has 0 aliphatic carbocycles. The van der Waals surface area contributed by atoms with Crippen molar-refractivity contribution < 1.29 is 4.79 Å². The average Bonchev–Trinajstić information content (AvgIpc) is 2.89. The normalized spacial score (nSPS) is 16.6. The summed E-state index contributed by atoms with van der Waals surface area (Å²) >= 11 is 0. The molecule has 1 heterocycles. The molecule has 0 aromatic heterocycles. The number of nitrogens with two attached hydrogens (primary N) is 1. The fraction of sp³-hybridized carbons (Fsp3) is 0.533. The Kier molecular flexibility index (Phi) is 4.80. The number of carbonyl (C=O) groups excluding carboxylic acids is 1. The molecule has 0 saturated carbocycles. The first kappa shape index (κ1) is 13.9. The predicted octanol–water partition coefficient (Wildman–Crippen LogP) is 1.64. The summed E-state index contributed by atoms with van der Waals surface area (Å²) in [5, 5.41) is 3.37. The van der Waals surface area contributed by atoms with Gasteiger partial charge in [0.25, 0.3) is 0 Å². The molecule has 0 radical (unpaired) electrons. The molecule has 1 aromatic carbocycles. The number of hydrogen-bond acceptors (Lipinski definition) is 3. The summed E-state index contributed by atoms with van der Waals surface area (Å²) in [6, 6.07) is 8.60. The monoisotopic (exact) mass is 261 g/mol. The van der Waals surface area contributed by atoms with Crippen LogP contribution in [0.4, 0.5) is 5.69 Å². The minimum atomic E-state index is -0.257. The fourth-order valence-corrected chi connectivity index (χ4v) is 2.58. The van der Waals surface area contributed by atoms with E-state index < -0.39 is 0 Å². The number of primary amides is 1. The Bertz CT molecular complexity index is 427. The zero-order valence-electron chi connectivity index (χ0n) is 11.6. The Morgan fingerprint density at radius 1 is 1.37 bits per heavy atom. The third kappa shape index (κ3) is 3.96. The van der Waals surface area contributed by atoms with Crippen LogP contribution >= 0.6 is 0 Å². The quantitative estimate of drug-likeness (QED) is 0.818. The maximum Gasteiger partial charge on any atom is 0.218 e. The topological polar surface area (TPSA) is 58.4 Å². The number of amides is 1. The van der Waals surface area contributed by atoms with Crippen LogP contribution in [-0.4, -0.2) is 25.0 Å². The van der Waals surface area contributed by atoms with E-state index >= 15 is 0 Å². The molecule has 1 atom stereocenters. The van der Waals surface area contributed by atoms with E-state index in [-0.39, 0.29) is 11.9 Å². The van der Waals surface area contributed by atoms with Gasteiger partial charge in [-0.15, -0.1) is 0 Å². The molecule has 4 nitrogen and oxygen atoms in total. The Labute approximate surface area is 115 Å². The number of hydrogen-bond donors (Lipinski definition) is 2. The molecule has 0 spiro atoms. The van der Waals surface area contributed by atoms with Crippen molar-refractivity contribution in [3.8, 4) is 0 Å². The summed E-state index contributed by atoms with van der Waals surface area (Å²) in [6.07, 6.45) is 2.94. The van der Waals surface area contributed by atoms with E-state index in [1.807, 2.05) is 6.92 Å². The van der Waals surface area contributed by atoms with Gasteiger partial charge in [0.2, 0.25) is 5.91 Å². The lowest BCUT2D eigenvalue weighted by Gasteiger charge is -2.22. The molecule has 1 aliphatic rings. The van der Waals surface area contributed by atoms with Crippen molar-refractivity contribution >= 4 is 11.6 Å². The zero-order valence-corrected chi connectivity index (χ0v) is 11.6. The van der Waals surface area contributed by atoms with E-state index in [2.05, 4.69) is 34.5 Å². The minimum absolute atomic E-state index is 0.115. The van der Waals surface area contributed by atoms with Gasteiger partial charge in [0.15, 0.2) is 0 Å². The predicted molar refractivity (Wildman–Crippen MR) is 78.0 cm³/mol. The van der Waals surface area contributed by atoms with Gasteiger partial charge < -0.3 is 16.0 Å². The molecule has 104 valence electrons. The van der Waals surface area contributed by atoms with E-state index in [1.54, 1.807) is 0 Å². The number of para-hydroxylation sites is 1. The number of rotatable bonds is 6. The second kappa shape index (κ2) is 6.57. The van der Waals surface area contributed by atoms with Gasteiger partial charge in [0, 0.05) is 37.8 Å². The van der Waals surface area contributed by atoms with Crippen LogP contribution in [0.2, 0.25) is 0 Å². The first-order valence-corrected chi connectivity index (χ1v) is 7.01. The van der Waals surface area contributed by atoms with Gasteiger partial charge in [-0.2, -0.15) is 0 Å². The fourth-order valence-electron chi connectivity index (χ4n) is 2.58. The number of carbonyl (C=O) groups is 1. The average molecular weight is 261 g/mol. The highest BCUT2D eigenvalue weighted by molar-refractivity contribution is 5.74. The van der Waals surface area contributed by atoms with Crippen LogP contribution in [0.25, 0.3) is 0 Å². The van der Waals surface area contributed by atoms with E-state index in [0.717, 1.165) is 19.6 Å². The number of nitrogens with zero attached hydrogens (tertiary/aromatic N) is 1. The van der Waals surface area contributed by atoms with Gasteiger partial charge in [-0.3, -0.25) is 4.79 Å². The molecular formula is C15H23N3O. The molecule has 3 N–H and O–H groups in total. The molecule has 4 heteroatoms. The first-order chi connectivity index (χ1) is 9.16. The standard InChI is InChI=1S/C15H23N3O/c1-12(10-15(16)19)17-11-13-6-2-3-7-14(13)18-8-4-5-9-18/h2-3,6-7,12,17H,4-5,8-11H2,1H3,(H2,16,19). The van der Waals surface area contributed by atoms with Crippen molar-refractivity contribution in [3.63, 3.8) is 0 Å². The van der Waals surface area contributed by atoms with Crippen LogP contribution in [0.15, 0.2) is 24.3 Å². The van der Waals surface area contributed by atoms with Gasteiger partial charge in [-0.25, -0.2) is 0 Å². The zero-order chi connectivity index (χ0) is 13.7. The van der Waals surface area contributed by atoms with Crippen LogP contribution in [0, 0.1) is 0 Å². The number of nitrogens with one attached hydrogen (secondary N) is 1. The first-order valence-electron chi connectivity index (χ1n) is 7.01. The highest BCUT2D eigenvalue weighted by atomic mass is 16.1. The second-order valence-corrected chi connectivity index (χ2v) is 5.28. The van der Waals surface area contributed by atoms with E-state index in [1.165, 1.54) is 24.1 Å². The number of anilines is 1. The largest absolute Gasteiger partial charge is 0.371 e. The number of benzene rings is 1. The van der Waals surface area contributed by atoms with Crippen molar-refractivity contribution in [2.75, 3.05) is 18.0 Å². The third-order valence-corrected chi connectivity index (χ3v) is 3.59. The molecule has 2 rings (SSSR count). The lowest BCUT2D eigenvalue weighted by Crippen LogP contribution is -2.31. The summed E-state index contributed by atoms with van der Waals surface area (Å²) in [5.74, 6) is -0.257. The molecule has 0 bridgehead atoms. The Hall–Kier alpha value is -1.55. The summed E-state index contributed by atoms with van der Waals surface area (Å²) in [5.41, 5.74) is 7.82. The van der Waals surface area contributed by atoms with E-state index in [9.17, 15) is 4.79 Å². The maximum absolute atomic E-state index is 10.9. The summed E-state index contributed by atoms with van der Waals surface area (Å²) in [7, 11) is 0. The van der Waals surface area contributed by atoms with Gasteiger partial charge in [-0.1, -0.05) is 18.2 Å². The molecular weight excluding hydrogens is 238 g/mol. The van der Waals surface area contributed by atoms with Crippen LogP contribution < -0.4 is 16.0 Å². The van der Waals surface area contributed by atoms with Crippen molar-refractivity contribution in [2.24, 2.45) is 5.73 Å². The third-order valence-electron chi connectivity index (χ3n) is 3.59. The highest BCUT2D eigenvalue weighted by Crippen LogP contribution is 2.24. The lowest BCUT2D eigenvalue weighted by molar-refractivity contribution is -0.118. The summed E-state index contributed by atoms with van der Waals surface area (Å²) in [6.45, 7) is 5.06. The summed E-state index contributed by atoms with van der Waals surface area (Å²) in [4.78, 5) is 13.3. The lowest BCUT2D eigenvalue weighted by atomic mass is 10.1. The smallest absolute Gasteiger partial charge is 0.218 e. The SMILES string of the molecule is CC(CC(N)=O)NCc1ccccc1N1CCCC1. The van der Waals surface area contributed by atoms with Gasteiger partial charge >= 0.3 is 0 Å².